The molecule has 0 spiro atoms. The third-order valence-corrected chi connectivity index (χ3v) is 5.17. The molecule has 122 valence electrons. The van der Waals surface area contributed by atoms with E-state index in [1.165, 1.54) is 48.9 Å². The molecular formula is C19H25N3O. The number of benzene rings is 1. The van der Waals surface area contributed by atoms with Gasteiger partial charge in [0.1, 0.15) is 5.75 Å². The third kappa shape index (κ3) is 2.88. The Bertz CT molecular complexity index is 707. The summed E-state index contributed by atoms with van der Waals surface area (Å²) in [5, 5.41) is 8.35. The van der Waals surface area contributed by atoms with Crippen LogP contribution in [0.1, 0.15) is 43.2 Å². The second-order valence-electron chi connectivity index (χ2n) is 6.74. The molecule has 4 heteroatoms. The molecule has 1 aliphatic heterocycles. The van der Waals surface area contributed by atoms with Gasteiger partial charge >= 0.3 is 0 Å². The van der Waals surface area contributed by atoms with E-state index in [0.29, 0.717) is 6.04 Å². The van der Waals surface area contributed by atoms with Gasteiger partial charge in [0.25, 0.3) is 0 Å². The minimum Gasteiger partial charge on any atom is -0.496 e. The molecule has 2 aliphatic rings. The zero-order valence-corrected chi connectivity index (χ0v) is 13.8. The predicted octanol–water partition coefficient (Wildman–Crippen LogP) is 3.63. The second kappa shape index (κ2) is 6.36. The first kappa shape index (κ1) is 14.8. The van der Waals surface area contributed by atoms with E-state index in [1.54, 1.807) is 7.11 Å². The Morgan fingerprint density at radius 1 is 1.26 bits per heavy atom. The summed E-state index contributed by atoms with van der Waals surface area (Å²) < 4.78 is 5.70. The lowest BCUT2D eigenvalue weighted by Gasteiger charge is -2.21. The number of aryl methyl sites for hydroxylation is 1. The number of fused-ring (bicyclic) bond motifs is 3. The SMILES string of the molecule is COc1cc(CNC2CCCC2)cc2ncc3c(c12)NCCC3. The first-order valence-electron chi connectivity index (χ1n) is 8.81. The summed E-state index contributed by atoms with van der Waals surface area (Å²) in [4.78, 5) is 4.70. The molecule has 0 bridgehead atoms. The highest BCUT2D eigenvalue weighted by Gasteiger charge is 2.18. The molecule has 1 saturated carbocycles. The van der Waals surface area contributed by atoms with Gasteiger partial charge in [-0.05, 0) is 48.9 Å². The number of hydrogen-bond acceptors (Lipinski definition) is 4. The molecule has 1 aromatic heterocycles. The number of ether oxygens (including phenoxy) is 1. The number of methoxy groups -OCH3 is 1. The fourth-order valence-corrected chi connectivity index (χ4v) is 3.92. The van der Waals surface area contributed by atoms with E-state index in [2.05, 4.69) is 22.8 Å². The summed E-state index contributed by atoms with van der Waals surface area (Å²) >= 11 is 0. The van der Waals surface area contributed by atoms with E-state index < -0.39 is 0 Å². The zero-order chi connectivity index (χ0) is 15.6. The minimum absolute atomic E-state index is 0.676. The van der Waals surface area contributed by atoms with Crippen LogP contribution in [0.25, 0.3) is 10.9 Å². The van der Waals surface area contributed by atoms with Gasteiger partial charge in [-0.1, -0.05) is 12.8 Å². The molecule has 2 N–H and O–H groups in total. The first-order valence-corrected chi connectivity index (χ1v) is 8.81. The molecule has 4 rings (SSSR count). The summed E-state index contributed by atoms with van der Waals surface area (Å²) in [5.74, 6) is 0.935. The molecule has 1 fully saturated rings. The monoisotopic (exact) mass is 311 g/mol. The topological polar surface area (TPSA) is 46.2 Å². The fraction of sp³-hybridized carbons (Fsp3) is 0.526. The van der Waals surface area contributed by atoms with Crippen LogP contribution in [0.3, 0.4) is 0 Å². The number of aromatic nitrogens is 1. The second-order valence-corrected chi connectivity index (χ2v) is 6.74. The summed E-state index contributed by atoms with van der Waals surface area (Å²) in [6, 6.07) is 5.05. The summed E-state index contributed by atoms with van der Waals surface area (Å²) in [5.41, 5.74) is 4.80. The van der Waals surface area contributed by atoms with Crippen molar-refractivity contribution >= 4 is 16.6 Å². The lowest BCUT2D eigenvalue weighted by molar-refractivity contribution is 0.418. The number of pyridine rings is 1. The van der Waals surface area contributed by atoms with Crippen molar-refractivity contribution < 1.29 is 4.74 Å². The van der Waals surface area contributed by atoms with Gasteiger partial charge in [-0.3, -0.25) is 4.98 Å². The predicted molar refractivity (Wildman–Crippen MR) is 94.2 cm³/mol. The molecule has 1 aromatic carbocycles. The van der Waals surface area contributed by atoms with Crippen molar-refractivity contribution in [3.63, 3.8) is 0 Å². The average Bonchev–Trinajstić information content (AvgIpc) is 3.12. The Labute approximate surface area is 137 Å². The Hall–Kier alpha value is -1.81. The highest BCUT2D eigenvalue weighted by Crippen LogP contribution is 2.36. The van der Waals surface area contributed by atoms with Crippen molar-refractivity contribution in [2.24, 2.45) is 0 Å². The number of rotatable bonds is 4. The summed E-state index contributed by atoms with van der Waals surface area (Å²) in [6.45, 7) is 1.92. The maximum atomic E-state index is 5.70. The molecule has 0 radical (unpaired) electrons. The van der Waals surface area contributed by atoms with Crippen molar-refractivity contribution in [1.29, 1.82) is 0 Å². The number of hydrogen-bond donors (Lipinski definition) is 2. The maximum absolute atomic E-state index is 5.70. The molecule has 2 heterocycles. The van der Waals surface area contributed by atoms with Crippen LogP contribution in [0.4, 0.5) is 5.69 Å². The van der Waals surface area contributed by atoms with Crippen LogP contribution in [-0.4, -0.2) is 24.7 Å². The van der Waals surface area contributed by atoms with Crippen LogP contribution in [0.15, 0.2) is 18.3 Å². The maximum Gasteiger partial charge on any atom is 0.130 e. The molecule has 0 saturated heterocycles. The van der Waals surface area contributed by atoms with Crippen LogP contribution >= 0.6 is 0 Å². The highest BCUT2D eigenvalue weighted by atomic mass is 16.5. The van der Waals surface area contributed by atoms with E-state index in [0.717, 1.165) is 36.2 Å². The Kier molecular flexibility index (Phi) is 4.08. The zero-order valence-electron chi connectivity index (χ0n) is 13.8. The minimum atomic E-state index is 0.676. The van der Waals surface area contributed by atoms with Crippen molar-refractivity contribution in [1.82, 2.24) is 10.3 Å². The van der Waals surface area contributed by atoms with Crippen LogP contribution in [0, 0.1) is 0 Å². The van der Waals surface area contributed by atoms with Crippen molar-refractivity contribution in [3.8, 4) is 5.75 Å². The highest BCUT2D eigenvalue weighted by molar-refractivity contribution is 5.98. The van der Waals surface area contributed by atoms with Gasteiger partial charge in [0.2, 0.25) is 0 Å². The molecule has 23 heavy (non-hydrogen) atoms. The van der Waals surface area contributed by atoms with Crippen LogP contribution in [0.5, 0.6) is 5.75 Å². The van der Waals surface area contributed by atoms with E-state index in [-0.39, 0.29) is 0 Å². The smallest absolute Gasteiger partial charge is 0.130 e. The third-order valence-electron chi connectivity index (χ3n) is 5.17. The van der Waals surface area contributed by atoms with Crippen LogP contribution in [0.2, 0.25) is 0 Å². The van der Waals surface area contributed by atoms with E-state index in [1.807, 2.05) is 6.20 Å². The Balaban J connectivity index is 1.68. The van der Waals surface area contributed by atoms with Gasteiger partial charge in [0.15, 0.2) is 0 Å². The summed E-state index contributed by atoms with van der Waals surface area (Å²) in [7, 11) is 1.76. The average molecular weight is 311 g/mol. The van der Waals surface area contributed by atoms with Gasteiger partial charge in [-0.25, -0.2) is 0 Å². The first-order chi connectivity index (χ1) is 11.3. The molecule has 0 amide bonds. The van der Waals surface area contributed by atoms with Gasteiger partial charge in [0.05, 0.1) is 23.7 Å². The van der Waals surface area contributed by atoms with Crippen molar-refractivity contribution in [2.75, 3.05) is 19.0 Å². The molecule has 4 nitrogen and oxygen atoms in total. The summed E-state index contributed by atoms with van der Waals surface area (Å²) in [6.07, 6.45) is 9.62. The van der Waals surface area contributed by atoms with Crippen molar-refractivity contribution in [3.05, 3.63) is 29.5 Å². The molecule has 2 aromatic rings. The number of anilines is 1. The largest absolute Gasteiger partial charge is 0.496 e. The number of nitrogens with zero attached hydrogens (tertiary/aromatic N) is 1. The molecular weight excluding hydrogens is 286 g/mol. The van der Waals surface area contributed by atoms with E-state index in [9.17, 15) is 0 Å². The van der Waals surface area contributed by atoms with Crippen molar-refractivity contribution in [2.45, 2.75) is 51.1 Å². The molecule has 1 aliphatic carbocycles. The lowest BCUT2D eigenvalue weighted by Crippen LogP contribution is -2.25. The van der Waals surface area contributed by atoms with Gasteiger partial charge in [0, 0.05) is 25.3 Å². The standard InChI is InChI=1S/C19H25N3O/c1-23-17-10-13(11-21-15-6-2-3-7-15)9-16-18(17)19-14(12-22-16)5-4-8-20-19/h9-10,12,15,20-21H,2-8,11H2,1H3. The number of nitrogens with one attached hydrogen (secondary N) is 2. The quantitative estimate of drug-likeness (QED) is 0.905. The van der Waals surface area contributed by atoms with Gasteiger partial charge < -0.3 is 15.4 Å². The Morgan fingerprint density at radius 2 is 2.13 bits per heavy atom. The van der Waals surface area contributed by atoms with Crippen LogP contribution < -0.4 is 15.4 Å². The van der Waals surface area contributed by atoms with E-state index in [4.69, 9.17) is 9.72 Å². The molecule has 0 unspecified atom stereocenters. The van der Waals surface area contributed by atoms with E-state index >= 15 is 0 Å². The van der Waals surface area contributed by atoms with Crippen LogP contribution in [-0.2, 0) is 13.0 Å². The molecule has 0 atom stereocenters. The normalized spacial score (nSPS) is 18.0. The lowest BCUT2D eigenvalue weighted by atomic mass is 10.00. The fourth-order valence-electron chi connectivity index (χ4n) is 3.92. The van der Waals surface area contributed by atoms with Gasteiger partial charge in [-0.2, -0.15) is 0 Å². The Morgan fingerprint density at radius 3 is 2.96 bits per heavy atom. The van der Waals surface area contributed by atoms with Gasteiger partial charge in [-0.15, -0.1) is 0 Å².